The summed E-state index contributed by atoms with van der Waals surface area (Å²) in [6.45, 7) is 2.50. The van der Waals surface area contributed by atoms with Gasteiger partial charge in [-0.2, -0.15) is 0 Å². The Morgan fingerprint density at radius 3 is 1.57 bits per heavy atom. The Hall–Kier alpha value is 0.873. The van der Waals surface area contributed by atoms with E-state index in [1.165, 1.54) is 25.9 Å². The molecule has 0 aromatic carbocycles. The first kappa shape index (κ1) is 10.8. The van der Waals surface area contributed by atoms with Crippen molar-refractivity contribution >= 4 is 12.4 Å². The van der Waals surface area contributed by atoms with Gasteiger partial charge in [-0.3, -0.25) is 0 Å². The van der Waals surface area contributed by atoms with Crippen molar-refractivity contribution in [2.24, 2.45) is 0 Å². The zero-order chi connectivity index (χ0) is 3.54. The standard InChI is InChI=1S/C4H9N.ClH.Zn/c1-2-4-5-3-1;;/h5H,1-4H2;1H;. The van der Waals surface area contributed by atoms with Crippen LogP contribution in [0.25, 0.3) is 0 Å². The first-order chi connectivity index (χ1) is 2.50. The maximum Gasteiger partial charge on any atom is 0 e. The molecule has 40 valence electrons. The molecule has 0 radical (unpaired) electrons. The Bertz CT molecular complexity index is 23.3. The Morgan fingerprint density at radius 1 is 1.00 bits per heavy atom. The molecule has 1 N–H and O–H groups in total. The molecule has 1 aliphatic rings. The monoisotopic (exact) mass is 171 g/mol. The Kier molecular flexibility index (Phi) is 10.6. The van der Waals surface area contributed by atoms with Crippen LogP contribution >= 0.6 is 12.4 Å². The summed E-state index contributed by atoms with van der Waals surface area (Å²) in [5.74, 6) is 0. The van der Waals surface area contributed by atoms with E-state index >= 15 is 0 Å². The molecule has 0 aromatic heterocycles. The summed E-state index contributed by atoms with van der Waals surface area (Å²) in [5, 5.41) is 3.22. The minimum Gasteiger partial charge on any atom is -0.317 e. The van der Waals surface area contributed by atoms with E-state index in [0.717, 1.165) is 0 Å². The van der Waals surface area contributed by atoms with E-state index in [4.69, 9.17) is 0 Å². The van der Waals surface area contributed by atoms with Crippen LogP contribution in [0.2, 0.25) is 0 Å². The van der Waals surface area contributed by atoms with E-state index in [1.807, 2.05) is 0 Å². The second kappa shape index (κ2) is 6.87. The molecule has 1 nitrogen and oxygen atoms in total. The quantitative estimate of drug-likeness (QED) is 0.534. The van der Waals surface area contributed by atoms with Crippen molar-refractivity contribution in [3.8, 4) is 0 Å². The van der Waals surface area contributed by atoms with Gasteiger partial charge < -0.3 is 5.32 Å². The van der Waals surface area contributed by atoms with Gasteiger partial charge in [-0.25, -0.2) is 0 Å². The largest absolute Gasteiger partial charge is 0.317 e. The van der Waals surface area contributed by atoms with Crippen LogP contribution < -0.4 is 5.32 Å². The van der Waals surface area contributed by atoms with Crippen molar-refractivity contribution in [2.45, 2.75) is 12.8 Å². The number of hydrogen-bond acceptors (Lipinski definition) is 1. The van der Waals surface area contributed by atoms with Crippen LogP contribution in [0.5, 0.6) is 0 Å². The van der Waals surface area contributed by atoms with Gasteiger partial charge in [0, 0.05) is 19.5 Å². The van der Waals surface area contributed by atoms with Crippen LogP contribution in [0.3, 0.4) is 0 Å². The van der Waals surface area contributed by atoms with Crippen molar-refractivity contribution in [3.63, 3.8) is 0 Å². The molecule has 0 aliphatic carbocycles. The maximum atomic E-state index is 3.22. The van der Waals surface area contributed by atoms with Crippen molar-refractivity contribution in [1.29, 1.82) is 0 Å². The third-order valence-corrected chi connectivity index (χ3v) is 0.957. The molecular formula is C4H10ClNZn. The van der Waals surface area contributed by atoms with Crippen molar-refractivity contribution < 1.29 is 19.5 Å². The zero-order valence-electron chi connectivity index (χ0n) is 4.44. The summed E-state index contributed by atoms with van der Waals surface area (Å²) in [6.07, 6.45) is 2.78. The van der Waals surface area contributed by atoms with Gasteiger partial charge in [0.1, 0.15) is 0 Å². The van der Waals surface area contributed by atoms with Gasteiger partial charge in [0.05, 0.1) is 0 Å². The molecule has 0 saturated carbocycles. The number of nitrogens with one attached hydrogen (secondary N) is 1. The molecule has 1 fully saturated rings. The molecule has 7 heavy (non-hydrogen) atoms. The smallest absolute Gasteiger partial charge is 0 e. The second-order valence-corrected chi connectivity index (χ2v) is 1.46. The van der Waals surface area contributed by atoms with Crippen molar-refractivity contribution in [3.05, 3.63) is 0 Å². The molecule has 1 saturated heterocycles. The predicted octanol–water partition coefficient (Wildman–Crippen LogP) is 0.789. The van der Waals surface area contributed by atoms with Crippen LogP contribution in [0.4, 0.5) is 0 Å². The van der Waals surface area contributed by atoms with Crippen LogP contribution in [0.15, 0.2) is 0 Å². The van der Waals surface area contributed by atoms with Crippen LogP contribution in [-0.4, -0.2) is 13.1 Å². The van der Waals surface area contributed by atoms with E-state index in [2.05, 4.69) is 5.32 Å². The van der Waals surface area contributed by atoms with Gasteiger partial charge in [-0.15, -0.1) is 12.4 Å². The predicted molar refractivity (Wildman–Crippen MR) is 29.4 cm³/mol. The molecule has 1 aliphatic heterocycles. The molecule has 1 rings (SSSR count). The van der Waals surface area contributed by atoms with E-state index < -0.39 is 0 Å². The molecule has 3 heteroatoms. The van der Waals surface area contributed by atoms with Crippen LogP contribution in [0.1, 0.15) is 12.8 Å². The average molecular weight is 173 g/mol. The van der Waals surface area contributed by atoms with E-state index in [-0.39, 0.29) is 31.9 Å². The number of halogens is 1. The Labute approximate surface area is 63.4 Å². The van der Waals surface area contributed by atoms with Crippen LogP contribution in [-0.2, 0) is 19.5 Å². The fourth-order valence-corrected chi connectivity index (χ4v) is 0.625. The van der Waals surface area contributed by atoms with Gasteiger partial charge in [0.25, 0.3) is 0 Å². The number of hydrogen-bond donors (Lipinski definition) is 1. The minimum absolute atomic E-state index is 0. The average Bonchev–Trinajstić information content (AvgIpc) is 1.76. The van der Waals surface area contributed by atoms with E-state index in [0.29, 0.717) is 0 Å². The van der Waals surface area contributed by atoms with Gasteiger partial charge in [-0.05, 0) is 25.9 Å². The van der Waals surface area contributed by atoms with E-state index in [9.17, 15) is 0 Å². The fourth-order valence-electron chi connectivity index (χ4n) is 0.625. The van der Waals surface area contributed by atoms with Gasteiger partial charge in [0.2, 0.25) is 0 Å². The molecule has 0 spiro atoms. The number of rotatable bonds is 0. The normalized spacial score (nSPS) is 17.1. The summed E-state index contributed by atoms with van der Waals surface area (Å²) in [7, 11) is 0. The van der Waals surface area contributed by atoms with Gasteiger partial charge in [-0.1, -0.05) is 0 Å². The van der Waals surface area contributed by atoms with Gasteiger partial charge in [0.15, 0.2) is 0 Å². The van der Waals surface area contributed by atoms with Crippen molar-refractivity contribution in [1.82, 2.24) is 5.32 Å². The second-order valence-electron chi connectivity index (χ2n) is 1.46. The van der Waals surface area contributed by atoms with Crippen molar-refractivity contribution in [2.75, 3.05) is 13.1 Å². The zero-order valence-corrected chi connectivity index (χ0v) is 8.23. The SMILES string of the molecule is C1CCNC1.Cl.[Zn]. The topological polar surface area (TPSA) is 12.0 Å². The summed E-state index contributed by atoms with van der Waals surface area (Å²) in [6, 6.07) is 0. The molecule has 1 heterocycles. The molecule has 0 atom stereocenters. The fraction of sp³-hybridized carbons (Fsp3) is 1.00. The van der Waals surface area contributed by atoms with Gasteiger partial charge >= 0.3 is 0 Å². The summed E-state index contributed by atoms with van der Waals surface area (Å²) < 4.78 is 0. The summed E-state index contributed by atoms with van der Waals surface area (Å²) in [5.41, 5.74) is 0. The molecule has 0 amide bonds. The first-order valence-electron chi connectivity index (χ1n) is 2.21. The summed E-state index contributed by atoms with van der Waals surface area (Å²) in [4.78, 5) is 0. The molecule has 0 unspecified atom stereocenters. The summed E-state index contributed by atoms with van der Waals surface area (Å²) >= 11 is 0. The molecular weight excluding hydrogens is 163 g/mol. The molecule has 0 aromatic rings. The minimum atomic E-state index is 0. The Balaban J connectivity index is 0. The first-order valence-corrected chi connectivity index (χ1v) is 2.21. The maximum absolute atomic E-state index is 3.22. The molecule has 0 bridgehead atoms. The third-order valence-electron chi connectivity index (χ3n) is 0.957. The Morgan fingerprint density at radius 2 is 1.43 bits per heavy atom. The van der Waals surface area contributed by atoms with Crippen LogP contribution in [0, 0.1) is 0 Å². The third kappa shape index (κ3) is 4.73. The van der Waals surface area contributed by atoms with E-state index in [1.54, 1.807) is 0 Å².